The summed E-state index contributed by atoms with van der Waals surface area (Å²) in [6.07, 6.45) is 8.99. The fraction of sp³-hybridized carbons (Fsp3) is 0.419. The molecule has 0 saturated heterocycles. The molecule has 3 rings (SSSR count). The minimum Gasteiger partial charge on any atom is -0.457 e. The Bertz CT molecular complexity index is 1160. The first-order valence-electron chi connectivity index (χ1n) is 14.0. The molecule has 2 N–H and O–H groups in total. The molecule has 0 fully saturated rings. The summed E-state index contributed by atoms with van der Waals surface area (Å²) in [7, 11) is 0. The van der Waals surface area contributed by atoms with E-state index in [9.17, 15) is 9.59 Å². The highest BCUT2D eigenvalue weighted by molar-refractivity contribution is 5.96. The van der Waals surface area contributed by atoms with Crippen LogP contribution in [0.3, 0.4) is 0 Å². The number of rotatable bonds is 16. The van der Waals surface area contributed by atoms with Gasteiger partial charge in [0, 0.05) is 13.1 Å². The van der Waals surface area contributed by atoms with Crippen molar-refractivity contribution in [1.82, 2.24) is 15.3 Å². The summed E-state index contributed by atoms with van der Waals surface area (Å²) in [4.78, 5) is 37.2. The zero-order valence-electron chi connectivity index (χ0n) is 23.4. The third-order valence-corrected chi connectivity index (χ3v) is 6.23. The number of para-hydroxylation sites is 1. The van der Waals surface area contributed by atoms with Gasteiger partial charge in [0.2, 0.25) is 11.8 Å². The molecule has 0 spiro atoms. The van der Waals surface area contributed by atoms with Crippen molar-refractivity contribution in [2.45, 2.75) is 71.8 Å². The lowest BCUT2D eigenvalue weighted by atomic mass is 10.1. The van der Waals surface area contributed by atoms with Gasteiger partial charge in [-0.3, -0.25) is 14.6 Å². The molecule has 0 aliphatic rings. The molecule has 39 heavy (non-hydrogen) atoms. The van der Waals surface area contributed by atoms with Gasteiger partial charge in [0.15, 0.2) is 5.82 Å². The molecule has 2 aromatic carbocycles. The van der Waals surface area contributed by atoms with Gasteiger partial charge in [-0.1, -0.05) is 70.4 Å². The molecule has 1 aromatic heterocycles. The molecule has 0 saturated carbocycles. The molecule has 8 heteroatoms. The van der Waals surface area contributed by atoms with E-state index in [1.807, 2.05) is 61.5 Å². The van der Waals surface area contributed by atoms with Gasteiger partial charge in [-0.05, 0) is 49.1 Å². The smallest absolute Gasteiger partial charge is 0.248 e. The number of hydrogen-bond acceptors (Lipinski definition) is 6. The second-order valence-corrected chi connectivity index (χ2v) is 9.59. The Kier molecular flexibility index (Phi) is 12.2. The Morgan fingerprint density at radius 2 is 1.62 bits per heavy atom. The van der Waals surface area contributed by atoms with E-state index in [1.54, 1.807) is 12.4 Å². The van der Waals surface area contributed by atoms with Gasteiger partial charge in [0.05, 0.1) is 18.8 Å². The molecule has 2 amide bonds. The molecule has 1 atom stereocenters. The number of hydrogen-bond donors (Lipinski definition) is 2. The van der Waals surface area contributed by atoms with Crippen LogP contribution < -0.4 is 20.3 Å². The first kappa shape index (κ1) is 29.6. The van der Waals surface area contributed by atoms with Gasteiger partial charge in [-0.25, -0.2) is 4.98 Å². The van der Waals surface area contributed by atoms with E-state index in [2.05, 4.69) is 39.3 Å². The number of nitrogens with zero attached hydrogens (tertiary/aromatic N) is 3. The van der Waals surface area contributed by atoms with Gasteiger partial charge in [-0.2, -0.15) is 0 Å². The lowest BCUT2D eigenvalue weighted by Crippen LogP contribution is -2.44. The van der Waals surface area contributed by atoms with Crippen LogP contribution in [0.5, 0.6) is 11.5 Å². The van der Waals surface area contributed by atoms with Crippen molar-refractivity contribution >= 4 is 23.5 Å². The van der Waals surface area contributed by atoms with E-state index < -0.39 is 6.04 Å². The summed E-state index contributed by atoms with van der Waals surface area (Å²) >= 11 is 0. The predicted octanol–water partition coefficient (Wildman–Crippen LogP) is 6.14. The maximum Gasteiger partial charge on any atom is 0.248 e. The van der Waals surface area contributed by atoms with Crippen LogP contribution in [0.15, 0.2) is 67.0 Å². The lowest BCUT2D eigenvalue weighted by molar-refractivity contribution is -0.126. The van der Waals surface area contributed by atoms with Gasteiger partial charge < -0.3 is 20.3 Å². The number of amides is 2. The third-order valence-electron chi connectivity index (χ3n) is 6.23. The monoisotopic (exact) mass is 531 g/mol. The van der Waals surface area contributed by atoms with E-state index in [4.69, 9.17) is 4.74 Å². The number of aromatic nitrogens is 2. The van der Waals surface area contributed by atoms with Crippen LogP contribution in [0, 0.1) is 0 Å². The molecular weight excluding hydrogens is 490 g/mol. The number of anilines is 2. The zero-order valence-corrected chi connectivity index (χ0v) is 23.4. The molecule has 0 radical (unpaired) electrons. The fourth-order valence-corrected chi connectivity index (χ4v) is 4.15. The standard InChI is InChI=1S/C31H41N5O3/c1-4-7-18-36(19-8-5-2)29-23-32-22-28(34-29)35-31(38)27(13-6-3)33-30(37)21-24-14-12-17-26(20-24)39-25-15-10-9-11-16-25/h9-12,14-17,20,22-23,27H,4-8,13,18-19,21H2,1-3H3,(H,33,37)(H,34,35,38). The topological polar surface area (TPSA) is 96.5 Å². The Labute approximate surface area is 232 Å². The van der Waals surface area contributed by atoms with Crippen LogP contribution in [0.4, 0.5) is 11.6 Å². The number of carbonyl (C=O) groups is 2. The highest BCUT2D eigenvalue weighted by Crippen LogP contribution is 2.22. The highest BCUT2D eigenvalue weighted by Gasteiger charge is 2.21. The Morgan fingerprint density at radius 3 is 2.31 bits per heavy atom. The first-order valence-corrected chi connectivity index (χ1v) is 14.0. The molecule has 1 unspecified atom stereocenters. The van der Waals surface area contributed by atoms with E-state index in [-0.39, 0.29) is 18.2 Å². The average Bonchev–Trinajstić information content (AvgIpc) is 2.94. The van der Waals surface area contributed by atoms with Crippen molar-refractivity contribution < 1.29 is 14.3 Å². The predicted molar refractivity (Wildman–Crippen MR) is 156 cm³/mol. The number of nitrogens with one attached hydrogen (secondary N) is 2. The van der Waals surface area contributed by atoms with Crippen molar-refractivity contribution in [2.75, 3.05) is 23.3 Å². The summed E-state index contributed by atoms with van der Waals surface area (Å²) in [5.41, 5.74) is 0.800. The largest absolute Gasteiger partial charge is 0.457 e. The maximum absolute atomic E-state index is 13.1. The number of ether oxygens (including phenoxy) is 1. The summed E-state index contributed by atoms with van der Waals surface area (Å²) < 4.78 is 5.88. The van der Waals surface area contributed by atoms with Gasteiger partial charge >= 0.3 is 0 Å². The Balaban J connectivity index is 1.62. The summed E-state index contributed by atoms with van der Waals surface area (Å²) in [6, 6.07) is 16.2. The molecule has 0 aliphatic heterocycles. The molecule has 0 bridgehead atoms. The summed E-state index contributed by atoms with van der Waals surface area (Å²) in [5, 5.41) is 5.76. The fourth-order valence-electron chi connectivity index (χ4n) is 4.15. The van der Waals surface area contributed by atoms with Crippen molar-refractivity contribution in [3.05, 3.63) is 72.6 Å². The van der Waals surface area contributed by atoms with Gasteiger partial charge in [0.1, 0.15) is 23.4 Å². The summed E-state index contributed by atoms with van der Waals surface area (Å²) in [5.74, 6) is 1.99. The summed E-state index contributed by atoms with van der Waals surface area (Å²) in [6.45, 7) is 8.11. The molecule has 0 aliphatic carbocycles. The van der Waals surface area contributed by atoms with Gasteiger partial charge in [-0.15, -0.1) is 0 Å². The van der Waals surface area contributed by atoms with Crippen LogP contribution in [0.25, 0.3) is 0 Å². The second kappa shape index (κ2) is 16.1. The van der Waals surface area contributed by atoms with Crippen molar-refractivity contribution in [1.29, 1.82) is 0 Å². The van der Waals surface area contributed by atoms with Crippen LogP contribution in [0.2, 0.25) is 0 Å². The van der Waals surface area contributed by atoms with E-state index >= 15 is 0 Å². The minimum atomic E-state index is -0.673. The normalized spacial score (nSPS) is 11.5. The van der Waals surface area contributed by atoms with Crippen LogP contribution in [-0.4, -0.2) is 40.9 Å². The van der Waals surface area contributed by atoms with E-state index in [0.29, 0.717) is 18.0 Å². The van der Waals surface area contributed by atoms with Crippen molar-refractivity contribution in [2.24, 2.45) is 0 Å². The second-order valence-electron chi connectivity index (χ2n) is 9.59. The van der Waals surface area contributed by atoms with Crippen molar-refractivity contribution in [3.63, 3.8) is 0 Å². The van der Waals surface area contributed by atoms with Crippen LogP contribution >= 0.6 is 0 Å². The first-order chi connectivity index (χ1) is 19.0. The number of unbranched alkanes of at least 4 members (excludes halogenated alkanes) is 2. The van der Waals surface area contributed by atoms with Crippen LogP contribution in [-0.2, 0) is 16.0 Å². The minimum absolute atomic E-state index is 0.137. The van der Waals surface area contributed by atoms with E-state index in [1.165, 1.54) is 0 Å². The maximum atomic E-state index is 13.1. The molecule has 3 aromatic rings. The zero-order chi connectivity index (χ0) is 27.9. The molecule has 8 nitrogen and oxygen atoms in total. The quantitative estimate of drug-likeness (QED) is 0.230. The SMILES string of the molecule is CCCCN(CCCC)c1cncc(NC(=O)C(CCC)NC(=O)Cc2cccc(Oc3ccccc3)c2)n1. The van der Waals surface area contributed by atoms with Gasteiger partial charge in [0.25, 0.3) is 0 Å². The third kappa shape index (κ3) is 10.0. The molecule has 1 heterocycles. The number of benzene rings is 2. The molecule has 208 valence electrons. The molecular formula is C31H41N5O3. The van der Waals surface area contributed by atoms with Crippen molar-refractivity contribution in [3.8, 4) is 11.5 Å². The lowest BCUT2D eigenvalue weighted by Gasteiger charge is -2.24. The Hall–Kier alpha value is -3.94. The average molecular weight is 532 g/mol. The Morgan fingerprint density at radius 1 is 0.897 bits per heavy atom. The number of carbonyl (C=O) groups excluding carboxylic acids is 2. The van der Waals surface area contributed by atoms with Crippen LogP contribution in [0.1, 0.15) is 64.9 Å². The van der Waals surface area contributed by atoms with E-state index in [0.717, 1.165) is 62.3 Å². The highest BCUT2D eigenvalue weighted by atomic mass is 16.5.